The first-order valence-corrected chi connectivity index (χ1v) is 6.08. The van der Waals surface area contributed by atoms with Gasteiger partial charge in [0.1, 0.15) is 5.82 Å². The van der Waals surface area contributed by atoms with E-state index in [-0.39, 0.29) is 17.8 Å². The van der Waals surface area contributed by atoms with Crippen LogP contribution >= 0.6 is 0 Å². The Kier molecular flexibility index (Phi) is 5.59. The average Bonchev–Trinajstić information content (AvgIpc) is 2.25. The molecule has 17 heavy (non-hydrogen) atoms. The Bertz CT molecular complexity index is 339. The van der Waals surface area contributed by atoms with E-state index in [9.17, 15) is 9.50 Å². The second-order valence-electron chi connectivity index (χ2n) is 4.57. The van der Waals surface area contributed by atoms with Gasteiger partial charge in [-0.25, -0.2) is 4.39 Å². The van der Waals surface area contributed by atoms with Crippen LogP contribution < -0.4 is 0 Å². The van der Waals surface area contributed by atoms with Gasteiger partial charge >= 0.3 is 0 Å². The summed E-state index contributed by atoms with van der Waals surface area (Å²) in [6, 6.07) is 6.32. The van der Waals surface area contributed by atoms with Gasteiger partial charge in [0, 0.05) is 13.0 Å². The van der Waals surface area contributed by atoms with Crippen molar-refractivity contribution in [2.24, 2.45) is 5.92 Å². The summed E-state index contributed by atoms with van der Waals surface area (Å²) in [5, 5.41) is 10.1. The molecule has 0 heterocycles. The molecule has 3 heteroatoms. The molecule has 1 N–H and O–H groups in total. The molecule has 1 rings (SSSR count). The van der Waals surface area contributed by atoms with E-state index in [1.807, 2.05) is 26.8 Å². The van der Waals surface area contributed by atoms with E-state index in [0.717, 1.165) is 5.56 Å². The van der Waals surface area contributed by atoms with Gasteiger partial charge in [-0.1, -0.05) is 26.0 Å². The maximum absolute atomic E-state index is 13.0. The number of ether oxygens (including phenoxy) is 1. The van der Waals surface area contributed by atoms with Gasteiger partial charge in [-0.2, -0.15) is 0 Å². The first kappa shape index (κ1) is 14.1. The van der Waals surface area contributed by atoms with E-state index in [4.69, 9.17) is 4.74 Å². The predicted molar refractivity (Wildman–Crippen MR) is 66.4 cm³/mol. The van der Waals surface area contributed by atoms with Crippen molar-refractivity contribution < 1.29 is 14.2 Å². The van der Waals surface area contributed by atoms with Gasteiger partial charge in [0.15, 0.2) is 0 Å². The summed E-state index contributed by atoms with van der Waals surface area (Å²) in [6.45, 7) is 6.50. The summed E-state index contributed by atoms with van der Waals surface area (Å²) in [4.78, 5) is 0. The molecule has 0 amide bonds. The molecule has 0 saturated carbocycles. The third-order valence-corrected chi connectivity index (χ3v) is 2.73. The molecule has 0 bridgehead atoms. The van der Waals surface area contributed by atoms with Gasteiger partial charge in [0.05, 0.1) is 12.2 Å². The van der Waals surface area contributed by atoms with Crippen molar-refractivity contribution in [3.05, 3.63) is 35.6 Å². The van der Waals surface area contributed by atoms with Crippen LogP contribution in [0.15, 0.2) is 24.3 Å². The second kappa shape index (κ2) is 6.72. The van der Waals surface area contributed by atoms with Crippen molar-refractivity contribution in [3.8, 4) is 0 Å². The lowest BCUT2D eigenvalue weighted by atomic mass is 9.96. The number of rotatable bonds is 6. The number of hydrogen-bond donors (Lipinski definition) is 1. The molecule has 0 aliphatic carbocycles. The van der Waals surface area contributed by atoms with Gasteiger partial charge in [0.25, 0.3) is 0 Å². The van der Waals surface area contributed by atoms with E-state index < -0.39 is 6.10 Å². The third kappa shape index (κ3) is 4.44. The zero-order chi connectivity index (χ0) is 12.8. The highest BCUT2D eigenvalue weighted by atomic mass is 19.1. The average molecular weight is 240 g/mol. The van der Waals surface area contributed by atoms with E-state index >= 15 is 0 Å². The fourth-order valence-electron chi connectivity index (χ4n) is 1.96. The van der Waals surface area contributed by atoms with Crippen LogP contribution in [-0.4, -0.2) is 23.9 Å². The van der Waals surface area contributed by atoms with Crippen molar-refractivity contribution in [3.63, 3.8) is 0 Å². The summed E-state index contributed by atoms with van der Waals surface area (Å²) < 4.78 is 18.5. The minimum absolute atomic E-state index is 0.205. The zero-order valence-corrected chi connectivity index (χ0v) is 10.7. The highest BCUT2D eigenvalue weighted by Crippen LogP contribution is 2.16. The van der Waals surface area contributed by atoms with Crippen LogP contribution in [0.4, 0.5) is 4.39 Å². The Morgan fingerprint density at radius 2 is 2.06 bits per heavy atom. The van der Waals surface area contributed by atoms with Gasteiger partial charge < -0.3 is 9.84 Å². The van der Waals surface area contributed by atoms with Crippen LogP contribution in [0.25, 0.3) is 0 Å². The first-order chi connectivity index (χ1) is 8.04. The van der Waals surface area contributed by atoms with Crippen LogP contribution in [0.1, 0.15) is 26.3 Å². The molecule has 0 aliphatic rings. The van der Waals surface area contributed by atoms with Crippen LogP contribution in [0.3, 0.4) is 0 Å². The summed E-state index contributed by atoms with van der Waals surface area (Å²) in [7, 11) is 0. The van der Waals surface area contributed by atoms with Crippen molar-refractivity contribution in [1.82, 2.24) is 0 Å². The smallest absolute Gasteiger partial charge is 0.123 e. The largest absolute Gasteiger partial charge is 0.390 e. The minimum atomic E-state index is -0.600. The van der Waals surface area contributed by atoms with E-state index in [1.54, 1.807) is 6.07 Å². The Morgan fingerprint density at radius 1 is 1.35 bits per heavy atom. The summed E-state index contributed by atoms with van der Waals surface area (Å²) in [5.74, 6) is -0.0364. The highest BCUT2D eigenvalue weighted by molar-refractivity contribution is 5.17. The molecule has 2 nitrogen and oxygen atoms in total. The molecular weight excluding hydrogens is 219 g/mol. The van der Waals surface area contributed by atoms with Gasteiger partial charge in [-0.05, 0) is 30.5 Å². The van der Waals surface area contributed by atoms with Gasteiger partial charge in [0.2, 0.25) is 0 Å². The normalized spacial score (nSPS) is 14.9. The van der Waals surface area contributed by atoms with E-state index in [2.05, 4.69) is 0 Å². The summed E-state index contributed by atoms with van der Waals surface area (Å²) in [6.07, 6.45) is -0.388. The predicted octanol–water partition coefficient (Wildman–Crippen LogP) is 2.79. The number of benzene rings is 1. The number of halogens is 1. The van der Waals surface area contributed by atoms with Crippen LogP contribution in [0, 0.1) is 11.7 Å². The minimum Gasteiger partial charge on any atom is -0.390 e. The first-order valence-electron chi connectivity index (χ1n) is 6.08. The van der Waals surface area contributed by atoms with Crippen molar-refractivity contribution >= 4 is 0 Å². The van der Waals surface area contributed by atoms with Crippen molar-refractivity contribution in [1.29, 1.82) is 0 Å². The second-order valence-corrected chi connectivity index (χ2v) is 4.57. The number of aliphatic hydroxyl groups excluding tert-OH is 1. The highest BCUT2D eigenvalue weighted by Gasteiger charge is 2.23. The Labute approximate surface area is 102 Å². The Balaban J connectivity index is 2.66. The van der Waals surface area contributed by atoms with Crippen molar-refractivity contribution in [2.45, 2.75) is 39.4 Å². The Morgan fingerprint density at radius 3 is 2.59 bits per heavy atom. The van der Waals surface area contributed by atoms with Crippen molar-refractivity contribution in [2.75, 3.05) is 6.61 Å². The molecule has 0 saturated heterocycles. The summed E-state index contributed by atoms with van der Waals surface area (Å²) >= 11 is 0. The fraction of sp³-hybridized carbons (Fsp3) is 0.571. The molecule has 0 aromatic heterocycles. The maximum atomic E-state index is 13.0. The fourth-order valence-corrected chi connectivity index (χ4v) is 1.96. The van der Waals surface area contributed by atoms with E-state index in [0.29, 0.717) is 13.0 Å². The molecule has 0 fully saturated rings. The molecule has 1 aromatic rings. The Hall–Kier alpha value is -0.930. The number of hydrogen-bond acceptors (Lipinski definition) is 2. The molecule has 0 aliphatic heterocycles. The van der Waals surface area contributed by atoms with Crippen LogP contribution in [0.5, 0.6) is 0 Å². The molecule has 0 radical (unpaired) electrons. The monoisotopic (exact) mass is 240 g/mol. The van der Waals surface area contributed by atoms with E-state index in [1.165, 1.54) is 12.1 Å². The molecular formula is C14H21FO2. The molecule has 1 aromatic carbocycles. The zero-order valence-electron chi connectivity index (χ0n) is 10.7. The van der Waals surface area contributed by atoms with Crippen LogP contribution in [0.2, 0.25) is 0 Å². The molecule has 0 spiro atoms. The lowest BCUT2D eigenvalue weighted by molar-refractivity contribution is -0.0562. The lowest BCUT2D eigenvalue weighted by Gasteiger charge is -2.26. The van der Waals surface area contributed by atoms with Gasteiger partial charge in [-0.15, -0.1) is 0 Å². The quantitative estimate of drug-likeness (QED) is 0.828. The SMILES string of the molecule is CCOC(C(C)C)C(O)Cc1cccc(F)c1. The molecule has 2 unspecified atom stereocenters. The van der Waals surface area contributed by atoms with Crippen LogP contribution in [-0.2, 0) is 11.2 Å². The topological polar surface area (TPSA) is 29.5 Å². The maximum Gasteiger partial charge on any atom is 0.123 e. The number of aliphatic hydroxyl groups is 1. The molecule has 96 valence electrons. The molecule has 2 atom stereocenters. The standard InChI is InChI=1S/C14H21FO2/c1-4-17-14(10(2)3)13(16)9-11-6-5-7-12(15)8-11/h5-8,10,13-14,16H,4,9H2,1-3H3. The summed E-state index contributed by atoms with van der Waals surface area (Å²) in [5.41, 5.74) is 0.794. The van der Waals surface area contributed by atoms with Gasteiger partial charge in [-0.3, -0.25) is 0 Å². The third-order valence-electron chi connectivity index (χ3n) is 2.73. The lowest BCUT2D eigenvalue weighted by Crippen LogP contribution is -2.35.